The van der Waals surface area contributed by atoms with Crippen LogP contribution in [0.2, 0.25) is 0 Å². The summed E-state index contributed by atoms with van der Waals surface area (Å²) in [6, 6.07) is 9.93. The van der Waals surface area contributed by atoms with E-state index in [-0.39, 0.29) is 11.9 Å². The number of hydrogen-bond acceptors (Lipinski definition) is 4. The zero-order chi connectivity index (χ0) is 16.1. The third-order valence-electron chi connectivity index (χ3n) is 3.80. The maximum absolute atomic E-state index is 12.6. The molecule has 23 heavy (non-hydrogen) atoms. The molecule has 4 nitrogen and oxygen atoms in total. The number of nitrogens with zero attached hydrogens (tertiary/aromatic N) is 2. The highest BCUT2D eigenvalue weighted by molar-refractivity contribution is 7.14. The first-order valence-electron chi connectivity index (χ1n) is 7.60. The van der Waals surface area contributed by atoms with Gasteiger partial charge in [0.15, 0.2) is 5.01 Å². The smallest absolute Gasteiger partial charge is 0.265 e. The van der Waals surface area contributed by atoms with Gasteiger partial charge in [-0.2, -0.15) is 0 Å². The molecular weight excluding hydrogens is 308 g/mol. The van der Waals surface area contributed by atoms with Gasteiger partial charge in [0.05, 0.1) is 18.8 Å². The zero-order valence-corrected chi connectivity index (χ0v) is 13.8. The largest absolute Gasteiger partial charge is 0.383 e. The van der Waals surface area contributed by atoms with Crippen LogP contribution in [0.25, 0.3) is 0 Å². The van der Waals surface area contributed by atoms with E-state index in [1.54, 1.807) is 13.3 Å². The van der Waals surface area contributed by atoms with Gasteiger partial charge in [-0.1, -0.05) is 24.1 Å². The number of hydrogen-bond donors (Lipinski definition) is 0. The van der Waals surface area contributed by atoms with Crippen molar-refractivity contribution in [1.82, 2.24) is 9.88 Å². The van der Waals surface area contributed by atoms with Gasteiger partial charge in [-0.05, 0) is 30.9 Å². The summed E-state index contributed by atoms with van der Waals surface area (Å²) in [4.78, 5) is 19.4. The Morgan fingerprint density at radius 3 is 3.00 bits per heavy atom. The maximum atomic E-state index is 12.6. The Labute approximate surface area is 140 Å². The molecule has 1 aliphatic rings. The highest BCUT2D eigenvalue weighted by atomic mass is 32.1. The first kappa shape index (κ1) is 15.7. The predicted octanol–water partition coefficient (Wildman–Crippen LogP) is 2.79. The van der Waals surface area contributed by atoms with E-state index in [9.17, 15) is 4.79 Å². The molecule has 1 unspecified atom stereocenters. The van der Waals surface area contributed by atoms with Crippen molar-refractivity contribution in [2.24, 2.45) is 0 Å². The standard InChI is InChI=1S/C18H18N2O2S/c1-22-13-15-8-5-11-20(15)18(21)16-12-19-17(23-16)10-9-14-6-3-2-4-7-14/h2-4,6-7,12,15H,5,8,11,13H2,1H3. The van der Waals surface area contributed by atoms with Crippen LogP contribution in [0.1, 0.15) is 33.1 Å². The third kappa shape index (κ3) is 3.79. The van der Waals surface area contributed by atoms with Crippen LogP contribution in [0, 0.1) is 11.8 Å². The van der Waals surface area contributed by atoms with Gasteiger partial charge < -0.3 is 9.64 Å². The molecule has 0 radical (unpaired) electrons. The van der Waals surface area contributed by atoms with E-state index in [1.165, 1.54) is 11.3 Å². The minimum atomic E-state index is 0.0369. The fourth-order valence-electron chi connectivity index (χ4n) is 2.69. The lowest BCUT2D eigenvalue weighted by Gasteiger charge is -2.23. The van der Waals surface area contributed by atoms with Gasteiger partial charge in [0.25, 0.3) is 5.91 Å². The molecule has 1 saturated heterocycles. The third-order valence-corrected chi connectivity index (χ3v) is 4.70. The molecule has 3 rings (SSSR count). The fourth-order valence-corrected chi connectivity index (χ4v) is 3.41. The molecule has 1 aromatic carbocycles. The molecule has 0 saturated carbocycles. The van der Waals surface area contributed by atoms with Crippen molar-refractivity contribution in [2.75, 3.05) is 20.3 Å². The van der Waals surface area contributed by atoms with Crippen LogP contribution in [0.3, 0.4) is 0 Å². The van der Waals surface area contributed by atoms with E-state index in [4.69, 9.17) is 4.74 Å². The van der Waals surface area contributed by atoms with E-state index < -0.39 is 0 Å². The summed E-state index contributed by atoms with van der Waals surface area (Å²) in [6.45, 7) is 1.38. The first-order valence-corrected chi connectivity index (χ1v) is 8.42. The Balaban J connectivity index is 1.72. The van der Waals surface area contributed by atoms with Crippen LogP contribution in [0.15, 0.2) is 36.5 Å². The number of aromatic nitrogens is 1. The number of likely N-dealkylation sites (tertiary alicyclic amines) is 1. The molecule has 0 bridgehead atoms. The van der Waals surface area contributed by atoms with E-state index in [0.29, 0.717) is 16.5 Å². The summed E-state index contributed by atoms with van der Waals surface area (Å²) in [6.07, 6.45) is 3.66. The van der Waals surface area contributed by atoms with E-state index in [1.807, 2.05) is 35.2 Å². The topological polar surface area (TPSA) is 42.4 Å². The molecule has 2 heterocycles. The minimum absolute atomic E-state index is 0.0369. The number of ether oxygens (including phenoxy) is 1. The summed E-state index contributed by atoms with van der Waals surface area (Å²) in [5, 5.41) is 0.666. The molecule has 1 aliphatic heterocycles. The summed E-state index contributed by atoms with van der Waals surface area (Å²) in [5.74, 6) is 6.13. The molecule has 1 atom stereocenters. The lowest BCUT2D eigenvalue weighted by atomic mass is 10.2. The lowest BCUT2D eigenvalue weighted by molar-refractivity contribution is 0.0635. The van der Waals surface area contributed by atoms with Crippen LogP contribution in [-0.4, -0.2) is 42.1 Å². The van der Waals surface area contributed by atoms with Gasteiger partial charge in [0.2, 0.25) is 0 Å². The van der Waals surface area contributed by atoms with E-state index in [0.717, 1.165) is 24.9 Å². The Bertz CT molecular complexity index is 730. The fraction of sp³-hybridized carbons (Fsp3) is 0.333. The second-order valence-corrected chi connectivity index (χ2v) is 6.43. The Morgan fingerprint density at radius 1 is 1.39 bits per heavy atom. The minimum Gasteiger partial charge on any atom is -0.383 e. The predicted molar refractivity (Wildman–Crippen MR) is 90.5 cm³/mol. The Hall–Kier alpha value is -2.16. The number of amides is 1. The zero-order valence-electron chi connectivity index (χ0n) is 13.0. The maximum Gasteiger partial charge on any atom is 0.265 e. The van der Waals surface area contributed by atoms with Crippen molar-refractivity contribution in [1.29, 1.82) is 0 Å². The van der Waals surface area contributed by atoms with Crippen molar-refractivity contribution >= 4 is 17.2 Å². The van der Waals surface area contributed by atoms with Crippen molar-refractivity contribution in [3.63, 3.8) is 0 Å². The van der Waals surface area contributed by atoms with Crippen LogP contribution >= 0.6 is 11.3 Å². The van der Waals surface area contributed by atoms with Crippen molar-refractivity contribution < 1.29 is 9.53 Å². The van der Waals surface area contributed by atoms with Crippen LogP contribution in [-0.2, 0) is 4.74 Å². The second-order valence-electron chi connectivity index (χ2n) is 5.40. The van der Waals surface area contributed by atoms with Crippen molar-refractivity contribution in [2.45, 2.75) is 18.9 Å². The first-order chi connectivity index (χ1) is 11.3. The number of carbonyl (C=O) groups excluding carboxylic acids is 1. The number of methoxy groups -OCH3 is 1. The normalized spacial score (nSPS) is 16.9. The van der Waals surface area contributed by atoms with Crippen molar-refractivity contribution in [3.05, 3.63) is 52.0 Å². The summed E-state index contributed by atoms with van der Waals surface area (Å²) < 4.78 is 5.21. The van der Waals surface area contributed by atoms with Gasteiger partial charge in [0, 0.05) is 19.2 Å². The molecule has 0 aliphatic carbocycles. The average molecular weight is 326 g/mol. The van der Waals surface area contributed by atoms with Crippen LogP contribution < -0.4 is 0 Å². The molecule has 1 aromatic heterocycles. The highest BCUT2D eigenvalue weighted by Gasteiger charge is 2.30. The number of rotatable bonds is 3. The van der Waals surface area contributed by atoms with E-state index >= 15 is 0 Å². The number of benzene rings is 1. The molecule has 5 heteroatoms. The molecule has 1 amide bonds. The average Bonchev–Trinajstić information content (AvgIpc) is 3.23. The highest BCUT2D eigenvalue weighted by Crippen LogP contribution is 2.23. The van der Waals surface area contributed by atoms with Gasteiger partial charge in [-0.3, -0.25) is 4.79 Å². The Kier molecular flexibility index (Phi) is 5.06. The van der Waals surface area contributed by atoms with Crippen LogP contribution in [0.5, 0.6) is 0 Å². The molecule has 2 aromatic rings. The summed E-state index contributed by atoms with van der Waals surface area (Å²) in [7, 11) is 1.67. The van der Waals surface area contributed by atoms with Gasteiger partial charge in [-0.15, -0.1) is 11.3 Å². The van der Waals surface area contributed by atoms with Gasteiger partial charge in [-0.25, -0.2) is 4.98 Å². The summed E-state index contributed by atoms with van der Waals surface area (Å²) in [5.41, 5.74) is 0.940. The number of thiazole rings is 1. The second kappa shape index (κ2) is 7.40. The van der Waals surface area contributed by atoms with Crippen LogP contribution in [0.4, 0.5) is 0 Å². The lowest BCUT2D eigenvalue weighted by Crippen LogP contribution is -2.37. The Morgan fingerprint density at radius 2 is 2.22 bits per heavy atom. The molecular formula is C18H18N2O2S. The molecule has 0 N–H and O–H groups in total. The van der Waals surface area contributed by atoms with Crippen molar-refractivity contribution in [3.8, 4) is 11.8 Å². The summed E-state index contributed by atoms with van der Waals surface area (Å²) >= 11 is 1.35. The SMILES string of the molecule is COCC1CCCN1C(=O)c1cnc(C#Cc2ccccc2)s1. The molecule has 1 fully saturated rings. The molecule has 118 valence electrons. The molecule has 0 spiro atoms. The number of carbonyl (C=O) groups is 1. The van der Waals surface area contributed by atoms with E-state index in [2.05, 4.69) is 16.8 Å². The van der Waals surface area contributed by atoms with Gasteiger partial charge >= 0.3 is 0 Å². The quantitative estimate of drug-likeness (QED) is 0.815. The monoisotopic (exact) mass is 326 g/mol. The van der Waals surface area contributed by atoms with Gasteiger partial charge in [0.1, 0.15) is 4.88 Å².